The monoisotopic (exact) mass is 270 g/mol. The van der Waals surface area contributed by atoms with Crippen LogP contribution in [0.1, 0.15) is 5.69 Å². The molecule has 0 saturated carbocycles. The molecule has 14 heavy (non-hydrogen) atoms. The maximum atomic E-state index is 4.20. The van der Waals surface area contributed by atoms with Gasteiger partial charge in [0, 0.05) is 11.6 Å². The lowest BCUT2D eigenvalue weighted by Crippen LogP contribution is -2.01. The molecule has 2 aromatic rings. The van der Waals surface area contributed by atoms with Gasteiger partial charge in [0.15, 0.2) is 5.13 Å². The van der Waals surface area contributed by atoms with Crippen LogP contribution in [0.15, 0.2) is 28.3 Å². The molecule has 0 amide bonds. The molecule has 2 aromatic heterocycles. The SMILES string of the molecule is Brc1csc(NCc2cccnn2)n1. The van der Waals surface area contributed by atoms with Gasteiger partial charge in [-0.15, -0.1) is 11.3 Å². The average Bonchev–Trinajstić information content (AvgIpc) is 2.63. The van der Waals surface area contributed by atoms with E-state index in [9.17, 15) is 0 Å². The van der Waals surface area contributed by atoms with Gasteiger partial charge in [0.2, 0.25) is 0 Å². The molecule has 0 unspecified atom stereocenters. The normalized spacial score (nSPS) is 10.1. The van der Waals surface area contributed by atoms with E-state index in [0.717, 1.165) is 15.4 Å². The first kappa shape index (κ1) is 9.54. The summed E-state index contributed by atoms with van der Waals surface area (Å²) in [5, 5.41) is 13.7. The summed E-state index contributed by atoms with van der Waals surface area (Å²) in [6.45, 7) is 0.647. The van der Waals surface area contributed by atoms with Crippen LogP contribution in [-0.4, -0.2) is 15.2 Å². The van der Waals surface area contributed by atoms with Crippen LogP contribution in [0.5, 0.6) is 0 Å². The molecule has 2 rings (SSSR count). The zero-order chi connectivity index (χ0) is 9.80. The highest BCUT2D eigenvalue weighted by atomic mass is 79.9. The molecule has 0 spiro atoms. The number of aromatic nitrogens is 3. The Labute approximate surface area is 93.5 Å². The second-order valence-corrected chi connectivity index (χ2v) is 4.21. The first-order valence-electron chi connectivity index (χ1n) is 3.96. The van der Waals surface area contributed by atoms with Gasteiger partial charge in [-0.1, -0.05) is 0 Å². The van der Waals surface area contributed by atoms with Gasteiger partial charge in [-0.3, -0.25) is 0 Å². The van der Waals surface area contributed by atoms with E-state index in [1.165, 1.54) is 0 Å². The predicted molar refractivity (Wildman–Crippen MR) is 59.2 cm³/mol. The number of anilines is 1. The molecular weight excluding hydrogens is 264 g/mol. The van der Waals surface area contributed by atoms with Crippen molar-refractivity contribution in [1.82, 2.24) is 15.2 Å². The summed E-state index contributed by atoms with van der Waals surface area (Å²) in [5.74, 6) is 0. The van der Waals surface area contributed by atoms with Crippen molar-refractivity contribution in [1.29, 1.82) is 0 Å². The lowest BCUT2D eigenvalue weighted by atomic mass is 10.4. The Morgan fingerprint density at radius 3 is 3.07 bits per heavy atom. The summed E-state index contributed by atoms with van der Waals surface area (Å²) in [7, 11) is 0. The number of nitrogens with one attached hydrogen (secondary N) is 1. The highest BCUT2D eigenvalue weighted by molar-refractivity contribution is 9.10. The van der Waals surface area contributed by atoms with Crippen LogP contribution in [0.2, 0.25) is 0 Å². The topological polar surface area (TPSA) is 50.7 Å². The van der Waals surface area contributed by atoms with Crippen LogP contribution in [0, 0.1) is 0 Å². The van der Waals surface area contributed by atoms with Gasteiger partial charge < -0.3 is 5.32 Å². The highest BCUT2D eigenvalue weighted by Gasteiger charge is 1.99. The van der Waals surface area contributed by atoms with Crippen LogP contribution < -0.4 is 5.32 Å². The number of nitrogens with zero attached hydrogens (tertiary/aromatic N) is 3. The number of rotatable bonds is 3. The second-order valence-electron chi connectivity index (χ2n) is 2.54. The molecule has 0 radical (unpaired) electrons. The Kier molecular flexibility index (Phi) is 3.05. The van der Waals surface area contributed by atoms with E-state index in [1.54, 1.807) is 17.5 Å². The zero-order valence-electron chi connectivity index (χ0n) is 7.14. The molecular formula is C8H7BrN4S. The van der Waals surface area contributed by atoms with E-state index in [0.29, 0.717) is 6.54 Å². The fraction of sp³-hybridized carbons (Fsp3) is 0.125. The molecule has 2 heterocycles. The minimum Gasteiger partial charge on any atom is -0.356 e. The third kappa shape index (κ3) is 2.49. The highest BCUT2D eigenvalue weighted by Crippen LogP contribution is 2.19. The van der Waals surface area contributed by atoms with E-state index in [4.69, 9.17) is 0 Å². The maximum absolute atomic E-state index is 4.20. The standard InChI is InChI=1S/C8H7BrN4S/c9-7-5-14-8(12-7)10-4-6-2-1-3-11-13-6/h1-3,5H,4H2,(H,10,12). The third-order valence-electron chi connectivity index (χ3n) is 1.52. The van der Waals surface area contributed by atoms with E-state index in [1.807, 2.05) is 17.5 Å². The van der Waals surface area contributed by atoms with Crippen LogP contribution in [0.3, 0.4) is 0 Å². The van der Waals surface area contributed by atoms with Crippen molar-refractivity contribution >= 4 is 32.4 Å². The molecule has 0 atom stereocenters. The van der Waals surface area contributed by atoms with E-state index < -0.39 is 0 Å². The summed E-state index contributed by atoms with van der Waals surface area (Å²) in [6.07, 6.45) is 1.66. The minimum absolute atomic E-state index is 0.647. The van der Waals surface area contributed by atoms with E-state index in [2.05, 4.69) is 36.4 Å². The van der Waals surface area contributed by atoms with Gasteiger partial charge in [-0.25, -0.2) is 4.98 Å². The van der Waals surface area contributed by atoms with Crippen molar-refractivity contribution in [2.24, 2.45) is 0 Å². The Hall–Kier alpha value is -1.01. The molecule has 0 aliphatic heterocycles. The first-order valence-corrected chi connectivity index (χ1v) is 5.63. The van der Waals surface area contributed by atoms with E-state index >= 15 is 0 Å². The molecule has 4 nitrogen and oxygen atoms in total. The van der Waals surface area contributed by atoms with Crippen molar-refractivity contribution in [2.45, 2.75) is 6.54 Å². The quantitative estimate of drug-likeness (QED) is 0.930. The predicted octanol–water partition coefficient (Wildman–Crippen LogP) is 2.31. The Morgan fingerprint density at radius 1 is 1.50 bits per heavy atom. The van der Waals surface area contributed by atoms with Crippen LogP contribution >= 0.6 is 27.3 Å². The van der Waals surface area contributed by atoms with Gasteiger partial charge >= 0.3 is 0 Å². The summed E-state index contributed by atoms with van der Waals surface area (Å²) in [6, 6.07) is 3.78. The molecule has 6 heteroatoms. The van der Waals surface area contributed by atoms with Gasteiger partial charge in [0.1, 0.15) is 4.60 Å². The molecule has 72 valence electrons. The van der Waals surface area contributed by atoms with Crippen LogP contribution in [0.4, 0.5) is 5.13 Å². The third-order valence-corrected chi connectivity index (χ3v) is 3.03. The largest absolute Gasteiger partial charge is 0.356 e. The molecule has 0 fully saturated rings. The summed E-state index contributed by atoms with van der Waals surface area (Å²) in [5.41, 5.74) is 0.902. The van der Waals surface area contributed by atoms with Crippen LogP contribution in [-0.2, 0) is 6.54 Å². The van der Waals surface area contributed by atoms with Gasteiger partial charge in [0.25, 0.3) is 0 Å². The minimum atomic E-state index is 0.647. The van der Waals surface area contributed by atoms with Gasteiger partial charge in [-0.05, 0) is 28.1 Å². The van der Waals surface area contributed by atoms with Gasteiger partial charge in [0.05, 0.1) is 12.2 Å². The first-order chi connectivity index (χ1) is 6.84. The lowest BCUT2D eigenvalue weighted by molar-refractivity contribution is 0.923. The Morgan fingerprint density at radius 2 is 2.43 bits per heavy atom. The average molecular weight is 271 g/mol. The number of hydrogen-bond acceptors (Lipinski definition) is 5. The number of hydrogen-bond donors (Lipinski definition) is 1. The van der Waals surface area contributed by atoms with Crippen LogP contribution in [0.25, 0.3) is 0 Å². The fourth-order valence-electron chi connectivity index (χ4n) is 0.929. The molecule has 0 bridgehead atoms. The maximum Gasteiger partial charge on any atom is 0.184 e. The van der Waals surface area contributed by atoms with Crippen molar-refractivity contribution < 1.29 is 0 Å². The number of thiazole rings is 1. The van der Waals surface area contributed by atoms with Crippen molar-refractivity contribution in [3.63, 3.8) is 0 Å². The van der Waals surface area contributed by atoms with Crippen molar-refractivity contribution in [3.05, 3.63) is 34.0 Å². The van der Waals surface area contributed by atoms with Gasteiger partial charge in [-0.2, -0.15) is 10.2 Å². The summed E-state index contributed by atoms with van der Waals surface area (Å²) in [4.78, 5) is 4.20. The smallest absolute Gasteiger partial charge is 0.184 e. The molecule has 0 aliphatic rings. The Bertz CT molecular complexity index is 403. The zero-order valence-corrected chi connectivity index (χ0v) is 9.55. The number of halogens is 1. The second kappa shape index (κ2) is 4.47. The molecule has 0 aliphatic carbocycles. The fourth-order valence-corrected chi connectivity index (χ4v) is 2.07. The lowest BCUT2D eigenvalue weighted by Gasteiger charge is -1.99. The summed E-state index contributed by atoms with van der Waals surface area (Å²) < 4.78 is 0.851. The summed E-state index contributed by atoms with van der Waals surface area (Å²) >= 11 is 4.84. The molecule has 1 N–H and O–H groups in total. The van der Waals surface area contributed by atoms with Crippen molar-refractivity contribution in [2.75, 3.05) is 5.32 Å². The molecule has 0 saturated heterocycles. The van der Waals surface area contributed by atoms with Crippen molar-refractivity contribution in [3.8, 4) is 0 Å². The van der Waals surface area contributed by atoms with E-state index in [-0.39, 0.29) is 0 Å². The Balaban J connectivity index is 1.95. The molecule has 0 aromatic carbocycles.